The molecule has 0 spiro atoms. The molecule has 1 unspecified atom stereocenters. The Morgan fingerprint density at radius 1 is 1.08 bits per heavy atom. The molecule has 1 aliphatic rings. The van der Waals surface area contributed by atoms with E-state index >= 15 is 0 Å². The lowest BCUT2D eigenvalue weighted by Gasteiger charge is -2.18. The van der Waals surface area contributed by atoms with E-state index in [1.807, 2.05) is 26.0 Å². The second-order valence-corrected chi connectivity index (χ2v) is 6.02. The first-order chi connectivity index (χ1) is 12.0. The predicted molar refractivity (Wildman–Crippen MR) is 91.0 cm³/mol. The molecule has 0 saturated heterocycles. The first kappa shape index (κ1) is 17.1. The van der Waals surface area contributed by atoms with Gasteiger partial charge in [0, 0.05) is 18.4 Å². The summed E-state index contributed by atoms with van der Waals surface area (Å²) in [5.41, 5.74) is 0.520. The van der Waals surface area contributed by atoms with Crippen LogP contribution in [0.4, 0.5) is 0 Å². The van der Waals surface area contributed by atoms with Gasteiger partial charge in [0.2, 0.25) is 5.91 Å². The van der Waals surface area contributed by atoms with Crippen molar-refractivity contribution in [3.05, 3.63) is 47.4 Å². The smallest absolute Gasteiger partial charge is 0.221 e. The molecular formula is C19H21NO5. The number of ether oxygens (including phenoxy) is 2. The van der Waals surface area contributed by atoms with E-state index in [1.54, 1.807) is 18.2 Å². The number of Topliss-reactive ketones (excluding diaryl/α,β-unsaturated/α-hetero) is 1. The molecule has 6 heteroatoms. The summed E-state index contributed by atoms with van der Waals surface area (Å²) < 4.78 is 16.4. The van der Waals surface area contributed by atoms with E-state index in [4.69, 9.17) is 13.9 Å². The van der Waals surface area contributed by atoms with Gasteiger partial charge >= 0.3 is 0 Å². The predicted octanol–water partition coefficient (Wildman–Crippen LogP) is 3.20. The number of benzene rings is 1. The number of carbonyl (C=O) groups is 2. The summed E-state index contributed by atoms with van der Waals surface area (Å²) in [7, 11) is 0. The highest BCUT2D eigenvalue weighted by atomic mass is 16.6. The molecule has 2 heterocycles. The Hall–Kier alpha value is -2.76. The molecule has 2 aromatic rings. The molecule has 3 rings (SSSR count). The zero-order valence-electron chi connectivity index (χ0n) is 14.3. The van der Waals surface area contributed by atoms with E-state index < -0.39 is 0 Å². The van der Waals surface area contributed by atoms with Crippen molar-refractivity contribution in [2.75, 3.05) is 13.2 Å². The molecule has 0 saturated carbocycles. The van der Waals surface area contributed by atoms with Gasteiger partial charge in [-0.15, -0.1) is 0 Å². The van der Waals surface area contributed by atoms with Crippen LogP contribution in [-0.2, 0) is 4.79 Å². The van der Waals surface area contributed by atoms with Crippen molar-refractivity contribution < 1.29 is 23.5 Å². The van der Waals surface area contributed by atoms with Gasteiger partial charge in [0.05, 0.1) is 6.04 Å². The van der Waals surface area contributed by atoms with Crippen LogP contribution < -0.4 is 14.8 Å². The number of hydrogen-bond acceptors (Lipinski definition) is 5. The monoisotopic (exact) mass is 343 g/mol. The zero-order valence-corrected chi connectivity index (χ0v) is 14.3. The number of furan rings is 1. The second kappa shape index (κ2) is 7.42. The van der Waals surface area contributed by atoms with Crippen molar-refractivity contribution >= 4 is 11.7 Å². The van der Waals surface area contributed by atoms with E-state index in [0.717, 1.165) is 5.76 Å². The number of aryl methyl sites for hydroxylation is 1. The molecule has 1 aromatic heterocycles. The van der Waals surface area contributed by atoms with Gasteiger partial charge in [-0.25, -0.2) is 0 Å². The summed E-state index contributed by atoms with van der Waals surface area (Å²) >= 11 is 0. The minimum absolute atomic E-state index is 0.103. The van der Waals surface area contributed by atoms with Crippen LogP contribution in [0.3, 0.4) is 0 Å². The fraction of sp³-hybridized carbons (Fsp3) is 0.368. The van der Waals surface area contributed by atoms with Crippen LogP contribution in [0.15, 0.2) is 34.7 Å². The molecular weight excluding hydrogens is 322 g/mol. The number of carbonyl (C=O) groups excluding carboxylic acids is 2. The van der Waals surface area contributed by atoms with Crippen LogP contribution in [0.2, 0.25) is 0 Å². The molecule has 6 nitrogen and oxygen atoms in total. The maximum Gasteiger partial charge on any atom is 0.221 e. The molecule has 132 valence electrons. The topological polar surface area (TPSA) is 77.8 Å². The van der Waals surface area contributed by atoms with Crippen LogP contribution in [-0.4, -0.2) is 24.9 Å². The Kier molecular flexibility index (Phi) is 5.07. The van der Waals surface area contributed by atoms with E-state index in [0.29, 0.717) is 36.0 Å². The summed E-state index contributed by atoms with van der Waals surface area (Å²) in [6.07, 6.45) is 0.257. The Balaban J connectivity index is 1.52. The van der Waals surface area contributed by atoms with Crippen molar-refractivity contribution in [3.8, 4) is 11.5 Å². The van der Waals surface area contributed by atoms with E-state index in [2.05, 4.69) is 5.32 Å². The average molecular weight is 343 g/mol. The van der Waals surface area contributed by atoms with Gasteiger partial charge < -0.3 is 19.2 Å². The number of amides is 1. The summed E-state index contributed by atoms with van der Waals surface area (Å²) in [6.45, 7) is 4.67. The maximum absolute atomic E-state index is 12.3. The van der Waals surface area contributed by atoms with Crippen molar-refractivity contribution in [1.29, 1.82) is 0 Å². The lowest BCUT2D eigenvalue weighted by Crippen LogP contribution is -2.26. The Labute approximate surface area is 146 Å². The quantitative estimate of drug-likeness (QED) is 0.815. The molecule has 0 bridgehead atoms. The molecule has 1 amide bonds. The molecule has 1 N–H and O–H groups in total. The minimum Gasteiger partial charge on any atom is -0.486 e. The van der Waals surface area contributed by atoms with E-state index in [9.17, 15) is 9.59 Å². The van der Waals surface area contributed by atoms with Crippen LogP contribution in [0.1, 0.15) is 47.7 Å². The number of ketones is 1. The third-order valence-electron chi connectivity index (χ3n) is 4.01. The Morgan fingerprint density at radius 2 is 1.84 bits per heavy atom. The number of hydrogen-bond donors (Lipinski definition) is 1. The van der Waals surface area contributed by atoms with Gasteiger partial charge in [0.15, 0.2) is 17.3 Å². The van der Waals surface area contributed by atoms with Crippen molar-refractivity contribution in [2.45, 2.75) is 32.7 Å². The molecule has 25 heavy (non-hydrogen) atoms. The van der Waals surface area contributed by atoms with Gasteiger partial charge in [0.1, 0.15) is 24.7 Å². The molecule has 1 aliphatic heterocycles. The van der Waals surface area contributed by atoms with Gasteiger partial charge in [-0.3, -0.25) is 9.59 Å². The van der Waals surface area contributed by atoms with Gasteiger partial charge in [-0.2, -0.15) is 0 Å². The lowest BCUT2D eigenvalue weighted by atomic mass is 10.1. The molecule has 0 radical (unpaired) electrons. The van der Waals surface area contributed by atoms with E-state index in [-0.39, 0.29) is 30.6 Å². The molecule has 1 atom stereocenters. The highest BCUT2D eigenvalue weighted by molar-refractivity contribution is 5.98. The molecule has 0 aliphatic carbocycles. The van der Waals surface area contributed by atoms with Crippen molar-refractivity contribution in [2.24, 2.45) is 0 Å². The van der Waals surface area contributed by atoms with Crippen molar-refractivity contribution in [3.63, 3.8) is 0 Å². The van der Waals surface area contributed by atoms with Gasteiger partial charge in [0.25, 0.3) is 0 Å². The van der Waals surface area contributed by atoms with Crippen LogP contribution in [0, 0.1) is 6.92 Å². The van der Waals surface area contributed by atoms with Gasteiger partial charge in [-0.1, -0.05) is 0 Å². The Morgan fingerprint density at radius 3 is 2.56 bits per heavy atom. The second-order valence-electron chi connectivity index (χ2n) is 6.02. The third kappa shape index (κ3) is 4.21. The normalized spacial score (nSPS) is 14.0. The summed E-state index contributed by atoms with van der Waals surface area (Å²) in [6, 6.07) is 8.54. The summed E-state index contributed by atoms with van der Waals surface area (Å²) in [5.74, 6) is 2.42. The number of nitrogens with one attached hydrogen (secondary N) is 1. The Bertz CT molecular complexity index is 780. The molecule has 1 aromatic carbocycles. The zero-order chi connectivity index (χ0) is 17.8. The maximum atomic E-state index is 12.3. The minimum atomic E-state index is -0.231. The fourth-order valence-electron chi connectivity index (χ4n) is 2.66. The first-order valence-corrected chi connectivity index (χ1v) is 8.31. The van der Waals surface area contributed by atoms with Gasteiger partial charge in [-0.05, 0) is 44.2 Å². The van der Waals surface area contributed by atoms with Crippen LogP contribution in [0.25, 0.3) is 0 Å². The molecule has 0 fully saturated rings. The summed E-state index contributed by atoms with van der Waals surface area (Å²) in [5, 5.41) is 2.84. The largest absolute Gasteiger partial charge is 0.486 e. The first-order valence-electron chi connectivity index (χ1n) is 8.31. The highest BCUT2D eigenvalue weighted by Gasteiger charge is 2.17. The number of rotatable bonds is 6. The van der Waals surface area contributed by atoms with Crippen LogP contribution in [0.5, 0.6) is 11.5 Å². The SMILES string of the molecule is Cc1ccc(C(C)NC(=O)CCC(=O)c2ccc3c(c2)OCCO3)o1. The van der Waals surface area contributed by atoms with Crippen molar-refractivity contribution in [1.82, 2.24) is 5.32 Å². The highest BCUT2D eigenvalue weighted by Crippen LogP contribution is 2.31. The summed E-state index contributed by atoms with van der Waals surface area (Å²) in [4.78, 5) is 24.4. The number of fused-ring (bicyclic) bond motifs is 1. The standard InChI is InChI=1S/C19H21NO5/c1-12-3-6-16(25-12)13(2)20-19(22)8-5-15(21)14-4-7-17-18(11-14)24-10-9-23-17/h3-4,6-7,11,13H,5,8-10H2,1-2H3,(H,20,22). The van der Waals surface area contributed by atoms with E-state index in [1.165, 1.54) is 0 Å². The van der Waals surface area contributed by atoms with Crippen LogP contribution >= 0.6 is 0 Å². The lowest BCUT2D eigenvalue weighted by molar-refractivity contribution is -0.121. The third-order valence-corrected chi connectivity index (χ3v) is 4.01. The fourth-order valence-corrected chi connectivity index (χ4v) is 2.66. The average Bonchev–Trinajstić information content (AvgIpc) is 3.06.